The van der Waals surface area contributed by atoms with E-state index in [0.29, 0.717) is 16.8 Å². The second kappa shape index (κ2) is 9.88. The van der Waals surface area contributed by atoms with Gasteiger partial charge in [0.1, 0.15) is 15.7 Å². The van der Waals surface area contributed by atoms with Gasteiger partial charge in [-0.3, -0.25) is 4.79 Å². The molecule has 2 aromatic carbocycles. The number of nitrogens with one attached hydrogen (secondary N) is 2. The molecule has 4 rings (SSSR count). The molecule has 0 bridgehead atoms. The predicted octanol–water partition coefficient (Wildman–Crippen LogP) is 4.92. The molecule has 7 nitrogen and oxygen atoms in total. The van der Waals surface area contributed by atoms with Crippen molar-refractivity contribution in [3.05, 3.63) is 89.5 Å². The molecule has 1 aliphatic rings. The number of halogens is 2. The Bertz CT molecular complexity index is 1370. The molecule has 35 heavy (non-hydrogen) atoms. The molecule has 2 unspecified atom stereocenters. The van der Waals surface area contributed by atoms with Crippen LogP contribution < -0.4 is 16.4 Å². The highest BCUT2D eigenvalue weighted by Crippen LogP contribution is 2.43. The van der Waals surface area contributed by atoms with Gasteiger partial charge < -0.3 is 21.5 Å². The summed E-state index contributed by atoms with van der Waals surface area (Å²) in [6.45, 7) is 0. The van der Waals surface area contributed by atoms with Gasteiger partial charge in [0.15, 0.2) is 9.93 Å². The average molecular weight is 545 g/mol. The Balaban J connectivity index is 1.64. The van der Waals surface area contributed by atoms with E-state index in [0.717, 1.165) is 10.6 Å². The maximum Gasteiger partial charge on any atom is 0.317 e. The fourth-order valence-corrected chi connectivity index (χ4v) is 5.02. The van der Waals surface area contributed by atoms with Gasteiger partial charge in [-0.15, -0.1) is 22.9 Å². The number of alkyl halides is 2. The highest BCUT2D eigenvalue weighted by atomic mass is 35.5. The van der Waals surface area contributed by atoms with Crippen molar-refractivity contribution < 1.29 is 14.7 Å². The zero-order chi connectivity index (χ0) is 25.2. The van der Waals surface area contributed by atoms with E-state index < -0.39 is 21.9 Å². The molecule has 178 valence electrons. The van der Waals surface area contributed by atoms with Crippen LogP contribution in [0.4, 0.5) is 10.5 Å². The van der Waals surface area contributed by atoms with Crippen LogP contribution in [0.25, 0.3) is 16.1 Å². The molecule has 0 spiro atoms. The van der Waals surface area contributed by atoms with Gasteiger partial charge in [-0.1, -0.05) is 78.4 Å². The van der Waals surface area contributed by atoms with Crippen molar-refractivity contribution in [2.45, 2.75) is 9.93 Å². The second-order valence-electron chi connectivity index (χ2n) is 7.54. The van der Waals surface area contributed by atoms with Crippen molar-refractivity contribution in [3.8, 4) is 10.6 Å². The number of hydrogen-bond acceptors (Lipinski definition) is 6. The Kier molecular flexibility index (Phi) is 7.07. The van der Waals surface area contributed by atoms with E-state index in [2.05, 4.69) is 15.6 Å². The number of amides is 3. The molecule has 0 aliphatic heterocycles. The number of aliphatic hydroxyl groups is 1. The lowest BCUT2D eigenvalue weighted by Gasteiger charge is -2.37. The molecule has 1 heterocycles. The minimum atomic E-state index is -2.13. The Hall–Kier alpha value is -3.08. The number of nitrogens with zero attached hydrogens (tertiary/aromatic N) is 1. The highest BCUT2D eigenvalue weighted by molar-refractivity contribution is 7.80. The SMILES string of the molecule is NC(=O)NC(=S)C1(Cl)C=C(c2ccccc2NC(=O)c2csc(-c3ccccc3)n2)C=CC1(O)Cl. The summed E-state index contributed by atoms with van der Waals surface area (Å²) in [5.41, 5.74) is 7.89. The fourth-order valence-electron chi connectivity index (χ4n) is 3.40. The summed E-state index contributed by atoms with van der Waals surface area (Å²) in [7, 11) is 0. The largest absolute Gasteiger partial charge is 0.369 e. The zero-order valence-corrected chi connectivity index (χ0v) is 21.0. The normalized spacial score (nSPS) is 21.2. The lowest BCUT2D eigenvalue weighted by atomic mass is 9.88. The maximum atomic E-state index is 13.0. The molecule has 5 N–H and O–H groups in total. The number of thiocarbonyl (C=S) groups is 1. The van der Waals surface area contributed by atoms with Crippen molar-refractivity contribution in [2.24, 2.45) is 5.73 Å². The number of rotatable bonds is 5. The number of benzene rings is 2. The molecule has 0 saturated heterocycles. The zero-order valence-electron chi connectivity index (χ0n) is 17.9. The third kappa shape index (κ3) is 5.14. The van der Waals surface area contributed by atoms with Crippen molar-refractivity contribution in [1.29, 1.82) is 0 Å². The molecular weight excluding hydrogens is 527 g/mol. The van der Waals surface area contributed by atoms with E-state index in [-0.39, 0.29) is 10.7 Å². The third-order valence-electron chi connectivity index (χ3n) is 5.16. The summed E-state index contributed by atoms with van der Waals surface area (Å²) >= 11 is 19.4. The second-order valence-corrected chi connectivity index (χ2v) is 9.98. The molecule has 3 amide bonds. The Morgan fingerprint density at radius 3 is 2.49 bits per heavy atom. The van der Waals surface area contributed by atoms with Crippen LogP contribution in [0.15, 0.2) is 78.2 Å². The van der Waals surface area contributed by atoms with Gasteiger partial charge in [0.05, 0.1) is 0 Å². The van der Waals surface area contributed by atoms with E-state index in [9.17, 15) is 14.7 Å². The number of thiazole rings is 1. The van der Waals surface area contributed by atoms with Crippen LogP contribution in [-0.2, 0) is 0 Å². The monoisotopic (exact) mass is 544 g/mol. The van der Waals surface area contributed by atoms with Gasteiger partial charge in [0.25, 0.3) is 5.91 Å². The number of primary amides is 1. The number of hydrogen-bond donors (Lipinski definition) is 4. The van der Waals surface area contributed by atoms with E-state index in [1.165, 1.54) is 23.5 Å². The maximum absolute atomic E-state index is 13.0. The van der Waals surface area contributed by atoms with Crippen LogP contribution in [-0.4, -0.2) is 37.0 Å². The number of allylic oxidation sites excluding steroid dienone is 2. The summed E-state index contributed by atoms with van der Waals surface area (Å²) in [4.78, 5) is 26.6. The molecule has 3 aromatic rings. The van der Waals surface area contributed by atoms with Crippen molar-refractivity contribution in [2.75, 3.05) is 5.32 Å². The van der Waals surface area contributed by atoms with E-state index in [1.807, 2.05) is 30.3 Å². The van der Waals surface area contributed by atoms with Crippen molar-refractivity contribution in [3.63, 3.8) is 0 Å². The number of aromatic nitrogens is 1. The van der Waals surface area contributed by atoms with Gasteiger partial charge in [0.2, 0.25) is 0 Å². The van der Waals surface area contributed by atoms with Crippen LogP contribution in [0.2, 0.25) is 0 Å². The molecule has 11 heteroatoms. The fraction of sp³-hybridized carbons (Fsp3) is 0.0833. The van der Waals surface area contributed by atoms with Crippen molar-refractivity contribution >= 4 is 74.9 Å². The summed E-state index contributed by atoms with van der Waals surface area (Å²) in [6.07, 6.45) is 4.19. The van der Waals surface area contributed by atoms with E-state index in [1.54, 1.807) is 35.7 Å². The van der Waals surface area contributed by atoms with Gasteiger partial charge >= 0.3 is 6.03 Å². The minimum Gasteiger partial charge on any atom is -0.369 e. The van der Waals surface area contributed by atoms with Crippen molar-refractivity contribution in [1.82, 2.24) is 10.3 Å². The van der Waals surface area contributed by atoms with Crippen LogP contribution in [0.5, 0.6) is 0 Å². The first kappa shape index (κ1) is 25.0. The van der Waals surface area contributed by atoms with Crippen LogP contribution >= 0.6 is 46.8 Å². The first-order chi connectivity index (χ1) is 16.6. The molecular formula is C24H18Cl2N4O3S2. The lowest BCUT2D eigenvalue weighted by molar-refractivity contribution is 0.102. The number of para-hydroxylation sites is 1. The first-order valence-corrected chi connectivity index (χ1v) is 12.2. The summed E-state index contributed by atoms with van der Waals surface area (Å²) in [5.74, 6) is -0.395. The van der Waals surface area contributed by atoms with Gasteiger partial charge in [0, 0.05) is 22.2 Å². The van der Waals surface area contributed by atoms with Gasteiger partial charge in [-0.05, 0) is 23.8 Å². The summed E-state index contributed by atoms with van der Waals surface area (Å²) in [5, 5.41) is 16.0. The predicted molar refractivity (Wildman–Crippen MR) is 144 cm³/mol. The van der Waals surface area contributed by atoms with Crippen LogP contribution in [0.1, 0.15) is 16.1 Å². The number of carbonyl (C=O) groups excluding carboxylic acids is 2. The molecule has 2 atom stereocenters. The average Bonchev–Trinajstić information content (AvgIpc) is 3.32. The Labute approximate surface area is 220 Å². The number of anilines is 1. The minimum absolute atomic E-state index is 0.269. The molecule has 0 radical (unpaired) electrons. The number of carbonyl (C=O) groups is 2. The summed E-state index contributed by atoms with van der Waals surface area (Å²) in [6, 6.07) is 15.6. The highest BCUT2D eigenvalue weighted by Gasteiger charge is 2.51. The molecule has 0 saturated carbocycles. The molecule has 1 aromatic heterocycles. The smallest absolute Gasteiger partial charge is 0.317 e. The third-order valence-corrected chi connectivity index (χ3v) is 7.69. The quantitative estimate of drug-likeness (QED) is 0.268. The van der Waals surface area contributed by atoms with Crippen LogP contribution in [0.3, 0.4) is 0 Å². The van der Waals surface area contributed by atoms with E-state index >= 15 is 0 Å². The van der Waals surface area contributed by atoms with Crippen LogP contribution in [0, 0.1) is 0 Å². The topological polar surface area (TPSA) is 117 Å². The van der Waals surface area contributed by atoms with E-state index in [4.69, 9.17) is 41.2 Å². The Morgan fingerprint density at radius 2 is 1.77 bits per heavy atom. The van der Waals surface area contributed by atoms with Gasteiger partial charge in [-0.2, -0.15) is 0 Å². The molecule has 0 fully saturated rings. The lowest BCUT2D eigenvalue weighted by Crippen LogP contribution is -2.56. The standard InChI is InChI=1S/C24H18Cl2N4O3S2/c25-23(21(34)30-22(27)32)12-15(10-11-24(23,26)33)16-8-4-5-9-17(16)28-19(31)18-13-35-20(29-18)14-6-2-1-3-7-14/h1-13,33H,(H,28,31)(H3,27,30,32,34). The van der Waals surface area contributed by atoms with Gasteiger partial charge in [-0.25, -0.2) is 9.78 Å². The Morgan fingerprint density at radius 1 is 1.09 bits per heavy atom. The number of urea groups is 1. The molecule has 1 aliphatic carbocycles. The number of nitrogens with two attached hydrogens (primary N) is 1. The first-order valence-electron chi connectivity index (χ1n) is 10.2. The summed E-state index contributed by atoms with van der Waals surface area (Å²) < 4.78 is 0.